The molecule has 166 valence electrons. The Morgan fingerprint density at radius 3 is 2.72 bits per heavy atom. The smallest absolute Gasteiger partial charge is 0.311 e. The Bertz CT molecular complexity index is 1080. The number of carbonyl (C=O) groups excluding carboxylic acids is 3. The fraction of sp³-hybridized carbons (Fsp3) is 0.261. The van der Waals surface area contributed by atoms with Gasteiger partial charge in [0.25, 0.3) is 5.91 Å². The zero-order chi connectivity index (χ0) is 22.5. The van der Waals surface area contributed by atoms with Crippen LogP contribution in [0.2, 0.25) is 0 Å². The van der Waals surface area contributed by atoms with Gasteiger partial charge in [-0.25, -0.2) is 0 Å². The van der Waals surface area contributed by atoms with Gasteiger partial charge in [-0.3, -0.25) is 19.3 Å². The Hall–Kier alpha value is -4.01. The van der Waals surface area contributed by atoms with E-state index in [-0.39, 0.29) is 25.5 Å². The summed E-state index contributed by atoms with van der Waals surface area (Å²) >= 11 is 0. The predicted molar refractivity (Wildman–Crippen MR) is 118 cm³/mol. The van der Waals surface area contributed by atoms with E-state index in [4.69, 9.17) is 14.2 Å². The zero-order valence-corrected chi connectivity index (χ0v) is 17.6. The summed E-state index contributed by atoms with van der Waals surface area (Å²) in [6.07, 6.45) is 1.24. The maximum absolute atomic E-state index is 12.9. The molecular weight excluding hydrogens is 414 g/mol. The van der Waals surface area contributed by atoms with Crippen LogP contribution in [0.1, 0.15) is 13.3 Å². The van der Waals surface area contributed by atoms with E-state index in [2.05, 4.69) is 10.6 Å². The number of nitrogens with zero attached hydrogens (tertiary/aromatic N) is 1. The molecule has 0 fully saturated rings. The van der Waals surface area contributed by atoms with Gasteiger partial charge in [0.05, 0.1) is 24.4 Å². The summed E-state index contributed by atoms with van der Waals surface area (Å²) in [5.41, 5.74) is 2.08. The Morgan fingerprint density at radius 2 is 1.91 bits per heavy atom. The number of carbonyl (C=O) groups is 3. The number of hydrogen-bond donors (Lipinski definition) is 2. The molecule has 0 saturated heterocycles. The van der Waals surface area contributed by atoms with Gasteiger partial charge in [-0.2, -0.15) is 0 Å². The second-order valence-corrected chi connectivity index (χ2v) is 7.12. The summed E-state index contributed by atoms with van der Waals surface area (Å²) in [4.78, 5) is 39.0. The Kier molecular flexibility index (Phi) is 6.25. The molecule has 2 aromatic carbocycles. The van der Waals surface area contributed by atoms with Crippen molar-refractivity contribution < 1.29 is 28.6 Å². The number of nitrogens with one attached hydrogen (secondary N) is 2. The molecule has 2 aliphatic heterocycles. The fourth-order valence-corrected chi connectivity index (χ4v) is 3.46. The highest BCUT2D eigenvalue weighted by Gasteiger charge is 2.25. The van der Waals surface area contributed by atoms with E-state index in [1.165, 1.54) is 11.0 Å². The molecule has 0 unspecified atom stereocenters. The van der Waals surface area contributed by atoms with Crippen LogP contribution in [0.3, 0.4) is 0 Å². The van der Waals surface area contributed by atoms with Crippen LogP contribution in [0.4, 0.5) is 17.1 Å². The van der Waals surface area contributed by atoms with Crippen molar-refractivity contribution in [3.8, 4) is 11.5 Å². The lowest BCUT2D eigenvalue weighted by Crippen LogP contribution is -2.37. The zero-order valence-electron chi connectivity index (χ0n) is 17.6. The van der Waals surface area contributed by atoms with Crippen LogP contribution in [0.25, 0.3) is 0 Å². The van der Waals surface area contributed by atoms with Crippen molar-refractivity contribution in [2.75, 3.05) is 41.9 Å². The maximum atomic E-state index is 12.9. The molecule has 2 aromatic rings. The molecule has 9 heteroatoms. The predicted octanol–water partition coefficient (Wildman–Crippen LogP) is 2.69. The topological polar surface area (TPSA) is 106 Å². The third-order valence-electron chi connectivity index (χ3n) is 4.82. The Morgan fingerprint density at radius 1 is 1.12 bits per heavy atom. The second kappa shape index (κ2) is 9.42. The van der Waals surface area contributed by atoms with Gasteiger partial charge in [-0.15, -0.1) is 0 Å². The SMILES string of the molecule is CCOC(=O)CC1=CC(=O)N(CC(=O)Nc2ccc3c(c2)OCCO3)c2ccccc2N1. The Balaban J connectivity index is 1.51. The molecule has 2 amide bonds. The summed E-state index contributed by atoms with van der Waals surface area (Å²) in [5, 5.41) is 5.89. The average molecular weight is 437 g/mol. The highest BCUT2D eigenvalue weighted by Crippen LogP contribution is 2.33. The second-order valence-electron chi connectivity index (χ2n) is 7.12. The summed E-state index contributed by atoms with van der Waals surface area (Å²) < 4.78 is 16.0. The van der Waals surface area contributed by atoms with Crippen molar-refractivity contribution in [1.82, 2.24) is 0 Å². The van der Waals surface area contributed by atoms with Crippen LogP contribution in [-0.4, -0.2) is 44.1 Å². The maximum Gasteiger partial charge on any atom is 0.311 e. The molecule has 2 N–H and O–H groups in total. The van der Waals surface area contributed by atoms with Gasteiger partial charge < -0.3 is 24.8 Å². The summed E-state index contributed by atoms with van der Waals surface area (Å²) in [5.74, 6) is -0.0651. The largest absolute Gasteiger partial charge is 0.486 e. The van der Waals surface area contributed by atoms with Gasteiger partial charge in [-0.05, 0) is 31.2 Å². The van der Waals surface area contributed by atoms with Crippen molar-refractivity contribution in [2.24, 2.45) is 0 Å². The molecule has 0 aromatic heterocycles. The average Bonchev–Trinajstić information content (AvgIpc) is 2.90. The molecular formula is C23H23N3O6. The van der Waals surface area contributed by atoms with Crippen LogP contribution in [0.15, 0.2) is 54.2 Å². The number of amides is 2. The van der Waals surface area contributed by atoms with Crippen LogP contribution >= 0.6 is 0 Å². The van der Waals surface area contributed by atoms with E-state index in [0.29, 0.717) is 47.5 Å². The summed E-state index contributed by atoms with van der Waals surface area (Å²) in [6, 6.07) is 12.2. The Labute approximate surface area is 184 Å². The molecule has 0 radical (unpaired) electrons. The molecule has 32 heavy (non-hydrogen) atoms. The first kappa shape index (κ1) is 21.2. The number of fused-ring (bicyclic) bond motifs is 2. The highest BCUT2D eigenvalue weighted by molar-refractivity contribution is 6.10. The molecule has 0 bridgehead atoms. The number of benzene rings is 2. The monoisotopic (exact) mass is 437 g/mol. The lowest BCUT2D eigenvalue weighted by molar-refractivity contribution is -0.142. The standard InChI is InChI=1S/C23H23N3O6/c1-2-30-23(29)13-16-12-22(28)26(18-6-4-3-5-17(18)24-16)14-21(27)25-15-7-8-19-20(11-15)32-10-9-31-19/h3-8,11-12,24H,2,9-10,13-14H2,1H3,(H,25,27). The molecule has 2 heterocycles. The minimum Gasteiger partial charge on any atom is -0.486 e. The number of anilines is 3. The third-order valence-corrected chi connectivity index (χ3v) is 4.82. The minimum atomic E-state index is -0.443. The molecule has 0 saturated carbocycles. The minimum absolute atomic E-state index is 0.0782. The van der Waals surface area contributed by atoms with Crippen molar-refractivity contribution in [3.05, 3.63) is 54.2 Å². The molecule has 0 spiro atoms. The first-order valence-corrected chi connectivity index (χ1v) is 10.3. The molecule has 4 rings (SSSR count). The van der Waals surface area contributed by atoms with Gasteiger partial charge >= 0.3 is 5.97 Å². The van der Waals surface area contributed by atoms with Gasteiger partial charge in [0.1, 0.15) is 19.8 Å². The molecule has 2 aliphatic rings. The third kappa shape index (κ3) is 4.83. The van der Waals surface area contributed by atoms with Crippen LogP contribution in [0.5, 0.6) is 11.5 Å². The number of rotatable bonds is 6. The van der Waals surface area contributed by atoms with E-state index in [9.17, 15) is 14.4 Å². The molecule has 0 atom stereocenters. The van der Waals surface area contributed by atoms with Gasteiger partial charge in [0.2, 0.25) is 5.91 Å². The number of para-hydroxylation sites is 2. The van der Waals surface area contributed by atoms with Crippen molar-refractivity contribution in [2.45, 2.75) is 13.3 Å². The van der Waals surface area contributed by atoms with E-state index in [1.54, 1.807) is 49.4 Å². The van der Waals surface area contributed by atoms with Gasteiger partial charge in [0, 0.05) is 23.5 Å². The van der Waals surface area contributed by atoms with Crippen molar-refractivity contribution >= 4 is 34.8 Å². The van der Waals surface area contributed by atoms with Gasteiger partial charge in [0.15, 0.2) is 11.5 Å². The van der Waals surface area contributed by atoms with E-state index >= 15 is 0 Å². The van der Waals surface area contributed by atoms with E-state index < -0.39 is 11.9 Å². The van der Waals surface area contributed by atoms with Crippen LogP contribution in [0, 0.1) is 0 Å². The van der Waals surface area contributed by atoms with E-state index in [1.807, 2.05) is 0 Å². The first-order chi connectivity index (χ1) is 15.5. The lowest BCUT2D eigenvalue weighted by atomic mass is 10.2. The normalized spacial score (nSPS) is 14.5. The number of esters is 1. The summed E-state index contributed by atoms with van der Waals surface area (Å²) in [6.45, 7) is 2.68. The molecule has 9 nitrogen and oxygen atoms in total. The summed E-state index contributed by atoms with van der Waals surface area (Å²) in [7, 11) is 0. The number of ether oxygens (including phenoxy) is 3. The van der Waals surface area contributed by atoms with Crippen LogP contribution < -0.4 is 25.0 Å². The molecule has 0 aliphatic carbocycles. The highest BCUT2D eigenvalue weighted by atomic mass is 16.6. The van der Waals surface area contributed by atoms with Gasteiger partial charge in [-0.1, -0.05) is 12.1 Å². The first-order valence-electron chi connectivity index (χ1n) is 10.3. The number of hydrogen-bond acceptors (Lipinski definition) is 7. The van der Waals surface area contributed by atoms with Crippen molar-refractivity contribution in [3.63, 3.8) is 0 Å². The lowest BCUT2D eigenvalue weighted by Gasteiger charge is -2.22. The van der Waals surface area contributed by atoms with E-state index in [0.717, 1.165) is 0 Å². The quantitative estimate of drug-likeness (QED) is 0.669. The fourth-order valence-electron chi connectivity index (χ4n) is 3.46. The van der Waals surface area contributed by atoms with Crippen LogP contribution in [-0.2, 0) is 19.1 Å². The van der Waals surface area contributed by atoms with Crippen molar-refractivity contribution in [1.29, 1.82) is 0 Å².